The lowest BCUT2D eigenvalue weighted by atomic mass is 9.96. The molecule has 0 N–H and O–H groups in total. The lowest BCUT2D eigenvalue weighted by Crippen LogP contribution is -2.40. The number of benzene rings is 2. The number of hydrogen-bond acceptors (Lipinski definition) is 8. The average Bonchev–Trinajstić information content (AvgIpc) is 3.17. The molecule has 8 nitrogen and oxygen atoms in total. The SMILES string of the molecule is COCCOC(=O)C1=C(C)N=c2sc(=Cc3ccc(OC)c(OC)c3)c(=O)n2C1c1ccc(Cl)cc1. The predicted octanol–water partition coefficient (Wildman–Crippen LogP) is 3.10. The fourth-order valence-electron chi connectivity index (χ4n) is 3.93. The van der Waals surface area contributed by atoms with Crippen molar-refractivity contribution in [2.24, 2.45) is 4.99 Å². The van der Waals surface area contributed by atoms with Crippen LogP contribution in [0.15, 0.2) is 63.5 Å². The summed E-state index contributed by atoms with van der Waals surface area (Å²) in [5.74, 6) is 0.587. The number of aromatic nitrogens is 1. The second-order valence-electron chi connectivity index (χ2n) is 7.88. The molecule has 0 aliphatic carbocycles. The molecule has 2 aromatic carbocycles. The zero-order valence-electron chi connectivity index (χ0n) is 20.2. The molecule has 1 atom stereocenters. The second-order valence-corrected chi connectivity index (χ2v) is 9.32. The first-order chi connectivity index (χ1) is 17.4. The Bertz CT molecular complexity index is 1490. The molecule has 188 valence electrons. The molecule has 10 heteroatoms. The van der Waals surface area contributed by atoms with Gasteiger partial charge in [0.25, 0.3) is 5.56 Å². The molecule has 4 rings (SSSR count). The number of allylic oxidation sites excluding steroid dienone is 1. The number of nitrogens with zero attached hydrogens (tertiary/aromatic N) is 2. The molecule has 3 aromatic rings. The number of esters is 1. The van der Waals surface area contributed by atoms with Crippen LogP contribution < -0.4 is 24.4 Å². The molecule has 1 aromatic heterocycles. The van der Waals surface area contributed by atoms with E-state index in [-0.39, 0.29) is 18.8 Å². The van der Waals surface area contributed by atoms with Gasteiger partial charge in [-0.2, -0.15) is 0 Å². The van der Waals surface area contributed by atoms with E-state index in [1.165, 1.54) is 23.0 Å². The van der Waals surface area contributed by atoms with Crippen molar-refractivity contribution in [1.29, 1.82) is 0 Å². The molecule has 2 heterocycles. The van der Waals surface area contributed by atoms with E-state index in [0.717, 1.165) is 5.56 Å². The van der Waals surface area contributed by atoms with Gasteiger partial charge in [0, 0.05) is 12.1 Å². The molecular weight excluding hydrogens is 504 g/mol. The zero-order valence-corrected chi connectivity index (χ0v) is 21.8. The molecule has 0 saturated heterocycles. The van der Waals surface area contributed by atoms with E-state index in [1.54, 1.807) is 63.6 Å². The maximum absolute atomic E-state index is 13.7. The van der Waals surface area contributed by atoms with Crippen molar-refractivity contribution >= 4 is 35.0 Å². The van der Waals surface area contributed by atoms with Crippen LogP contribution >= 0.6 is 22.9 Å². The van der Waals surface area contributed by atoms with Crippen molar-refractivity contribution in [3.63, 3.8) is 0 Å². The largest absolute Gasteiger partial charge is 0.493 e. The van der Waals surface area contributed by atoms with E-state index in [2.05, 4.69) is 4.99 Å². The molecular formula is C26H25ClN2O6S. The molecule has 1 aliphatic rings. The van der Waals surface area contributed by atoms with Crippen molar-refractivity contribution in [2.45, 2.75) is 13.0 Å². The van der Waals surface area contributed by atoms with Crippen molar-refractivity contribution < 1.29 is 23.7 Å². The van der Waals surface area contributed by atoms with Crippen LogP contribution in [0.4, 0.5) is 0 Å². The normalized spacial score (nSPS) is 15.4. The number of methoxy groups -OCH3 is 3. The number of fused-ring (bicyclic) bond motifs is 1. The number of carbonyl (C=O) groups excluding carboxylic acids is 1. The first-order valence-corrected chi connectivity index (χ1v) is 12.2. The Kier molecular flexibility index (Phi) is 7.93. The predicted molar refractivity (Wildman–Crippen MR) is 138 cm³/mol. The number of thiazole rings is 1. The monoisotopic (exact) mass is 528 g/mol. The van der Waals surface area contributed by atoms with Gasteiger partial charge >= 0.3 is 5.97 Å². The summed E-state index contributed by atoms with van der Waals surface area (Å²) in [5.41, 5.74) is 1.97. The van der Waals surface area contributed by atoms with Crippen LogP contribution in [0.1, 0.15) is 24.1 Å². The fourth-order valence-corrected chi connectivity index (χ4v) is 5.11. The molecule has 0 amide bonds. The Morgan fingerprint density at radius 2 is 1.81 bits per heavy atom. The van der Waals surface area contributed by atoms with Gasteiger partial charge in [-0.25, -0.2) is 9.79 Å². The first kappa shape index (κ1) is 25.7. The molecule has 0 bridgehead atoms. The number of ether oxygens (including phenoxy) is 4. The number of carbonyl (C=O) groups is 1. The van der Waals surface area contributed by atoms with E-state index in [1.807, 2.05) is 6.07 Å². The third-order valence-corrected chi connectivity index (χ3v) is 6.89. The zero-order chi connectivity index (χ0) is 25.8. The second kappa shape index (κ2) is 11.1. The minimum atomic E-state index is -0.721. The number of rotatable bonds is 8. The summed E-state index contributed by atoms with van der Waals surface area (Å²) in [6, 6.07) is 11.7. The Balaban J connectivity index is 1.87. The number of hydrogen-bond donors (Lipinski definition) is 0. The van der Waals surface area contributed by atoms with E-state index < -0.39 is 12.0 Å². The van der Waals surface area contributed by atoms with Crippen LogP contribution in [0.2, 0.25) is 5.02 Å². The Labute approximate surface area is 216 Å². The number of halogens is 1. The highest BCUT2D eigenvalue weighted by Gasteiger charge is 2.33. The summed E-state index contributed by atoms with van der Waals surface area (Å²) in [6.45, 7) is 2.08. The highest BCUT2D eigenvalue weighted by atomic mass is 35.5. The van der Waals surface area contributed by atoms with E-state index in [4.69, 9.17) is 30.5 Å². The summed E-state index contributed by atoms with van der Waals surface area (Å²) >= 11 is 7.35. The lowest BCUT2D eigenvalue weighted by molar-refractivity contribution is -0.140. The van der Waals surface area contributed by atoms with Crippen molar-refractivity contribution in [1.82, 2.24) is 4.57 Å². The van der Waals surface area contributed by atoms with Crippen LogP contribution in [0.25, 0.3) is 6.08 Å². The van der Waals surface area contributed by atoms with E-state index in [9.17, 15) is 9.59 Å². The van der Waals surface area contributed by atoms with Gasteiger partial charge in [0.15, 0.2) is 16.3 Å². The van der Waals surface area contributed by atoms with Crippen LogP contribution in [-0.2, 0) is 14.3 Å². The van der Waals surface area contributed by atoms with Crippen LogP contribution in [0.3, 0.4) is 0 Å². The highest BCUT2D eigenvalue weighted by molar-refractivity contribution is 7.07. The van der Waals surface area contributed by atoms with Gasteiger partial charge in [-0.05, 0) is 48.4 Å². The third kappa shape index (κ3) is 5.09. The molecule has 0 spiro atoms. The average molecular weight is 529 g/mol. The molecule has 0 radical (unpaired) electrons. The van der Waals surface area contributed by atoms with Gasteiger partial charge in [-0.15, -0.1) is 0 Å². The quantitative estimate of drug-likeness (QED) is 0.330. The summed E-state index contributed by atoms with van der Waals surface area (Å²) in [4.78, 5) is 31.9. The maximum Gasteiger partial charge on any atom is 0.338 e. The summed E-state index contributed by atoms with van der Waals surface area (Å²) in [6.07, 6.45) is 1.76. The molecule has 1 unspecified atom stereocenters. The molecule has 0 fully saturated rings. The van der Waals surface area contributed by atoms with Gasteiger partial charge in [-0.1, -0.05) is 41.1 Å². The van der Waals surface area contributed by atoms with Gasteiger partial charge in [0.05, 0.1) is 42.7 Å². The Morgan fingerprint density at radius 1 is 1.08 bits per heavy atom. The van der Waals surface area contributed by atoms with Crippen LogP contribution in [0, 0.1) is 0 Å². The Hall–Kier alpha value is -3.40. The van der Waals surface area contributed by atoms with Gasteiger partial charge in [0.1, 0.15) is 6.61 Å². The van der Waals surface area contributed by atoms with E-state index >= 15 is 0 Å². The minimum Gasteiger partial charge on any atom is -0.493 e. The summed E-state index contributed by atoms with van der Waals surface area (Å²) in [7, 11) is 4.64. The molecule has 36 heavy (non-hydrogen) atoms. The summed E-state index contributed by atoms with van der Waals surface area (Å²) < 4.78 is 23.1. The van der Waals surface area contributed by atoms with Crippen molar-refractivity contribution in [2.75, 3.05) is 34.5 Å². The summed E-state index contributed by atoms with van der Waals surface area (Å²) in [5, 5.41) is 0.546. The molecule has 1 aliphatic heterocycles. The van der Waals surface area contributed by atoms with Gasteiger partial charge < -0.3 is 18.9 Å². The smallest absolute Gasteiger partial charge is 0.338 e. The maximum atomic E-state index is 13.7. The van der Waals surface area contributed by atoms with Crippen molar-refractivity contribution in [3.8, 4) is 11.5 Å². The van der Waals surface area contributed by atoms with Gasteiger partial charge in [0.2, 0.25) is 0 Å². The van der Waals surface area contributed by atoms with Crippen LogP contribution in [0.5, 0.6) is 11.5 Å². The van der Waals surface area contributed by atoms with Gasteiger partial charge in [-0.3, -0.25) is 9.36 Å². The lowest BCUT2D eigenvalue weighted by Gasteiger charge is -2.24. The third-order valence-electron chi connectivity index (χ3n) is 5.65. The van der Waals surface area contributed by atoms with Crippen LogP contribution in [-0.4, -0.2) is 45.1 Å². The standard InChI is InChI=1S/C26H25ClN2O6S/c1-15-22(25(31)35-12-11-32-2)23(17-6-8-18(27)9-7-17)29-24(30)21(36-26(29)28-15)14-16-5-10-19(33-3)20(13-16)34-4/h5-10,13-14,23H,11-12H2,1-4H3. The Morgan fingerprint density at radius 3 is 2.47 bits per heavy atom. The fraction of sp³-hybridized carbons (Fsp3) is 0.269. The topological polar surface area (TPSA) is 88.4 Å². The highest BCUT2D eigenvalue weighted by Crippen LogP contribution is 2.31. The molecule has 0 saturated carbocycles. The first-order valence-electron chi connectivity index (χ1n) is 11.0. The van der Waals surface area contributed by atoms with Crippen molar-refractivity contribution in [3.05, 3.63) is 89.6 Å². The minimum absolute atomic E-state index is 0.0865. The van der Waals surface area contributed by atoms with E-state index in [0.29, 0.717) is 42.7 Å².